The summed E-state index contributed by atoms with van der Waals surface area (Å²) in [6.07, 6.45) is 2.84. The van der Waals surface area contributed by atoms with Crippen molar-refractivity contribution in [2.45, 2.75) is 85.8 Å². The monoisotopic (exact) mass is 693 g/mol. The van der Waals surface area contributed by atoms with Gasteiger partial charge in [-0.1, -0.05) is 33.8 Å². The maximum Gasteiger partial charge on any atom is 0.224 e. The Bertz CT molecular complexity index is 1160. The second-order valence-corrected chi connectivity index (χ2v) is 15.8. The van der Waals surface area contributed by atoms with Gasteiger partial charge >= 0.3 is 0 Å². The standard InChI is InChI=1S/C33H59N3O8S.ClH/c1-22(2)25(19-27(34)28(37)20-26(23(3)4)31(38)36-21-33(5,6)32(35)39)17-24-11-12-29(43-15-10-16-45(8,40)41)30(18-24)44-14-9-13-42-7;/h11-12,18,22-23,25-28,37H,9-10,13-17,19-21,34H2,1-8H3,(H2,35,39)(H,36,38);1H/t25-,26-,27-,28-;/m0./s1. The first-order chi connectivity index (χ1) is 20.9. The highest BCUT2D eigenvalue weighted by atomic mass is 35.5. The van der Waals surface area contributed by atoms with Gasteiger partial charge in [0.05, 0.1) is 30.5 Å². The molecular formula is C33H60ClN3O8S. The molecule has 0 aliphatic rings. The average molecular weight is 694 g/mol. The molecule has 0 bridgehead atoms. The lowest BCUT2D eigenvalue weighted by atomic mass is 9.80. The van der Waals surface area contributed by atoms with Crippen molar-refractivity contribution in [2.24, 2.45) is 40.6 Å². The zero-order chi connectivity index (χ0) is 34.4. The van der Waals surface area contributed by atoms with Crippen molar-refractivity contribution in [1.29, 1.82) is 0 Å². The quantitative estimate of drug-likeness (QED) is 0.125. The molecule has 1 rings (SSSR count). The highest BCUT2D eigenvalue weighted by Gasteiger charge is 2.32. The number of nitrogens with two attached hydrogens (primary N) is 2. The van der Waals surface area contributed by atoms with Crippen LogP contribution in [0.4, 0.5) is 0 Å². The average Bonchev–Trinajstić information content (AvgIpc) is 2.94. The normalized spacial score (nSPS) is 14.7. The summed E-state index contributed by atoms with van der Waals surface area (Å²) in [6.45, 7) is 12.8. The van der Waals surface area contributed by atoms with Crippen molar-refractivity contribution in [3.8, 4) is 11.5 Å². The van der Waals surface area contributed by atoms with Crippen LogP contribution in [-0.4, -0.2) is 83.0 Å². The predicted octanol–water partition coefficient (Wildman–Crippen LogP) is 3.52. The van der Waals surface area contributed by atoms with Crippen molar-refractivity contribution in [2.75, 3.05) is 45.5 Å². The van der Waals surface area contributed by atoms with E-state index in [1.807, 2.05) is 32.0 Å². The number of hydrogen-bond donors (Lipinski definition) is 4. The van der Waals surface area contributed by atoms with E-state index in [0.29, 0.717) is 50.4 Å². The van der Waals surface area contributed by atoms with Gasteiger partial charge in [-0.15, -0.1) is 12.4 Å². The molecule has 0 saturated carbocycles. The number of carbonyl (C=O) groups excluding carboxylic acids is 2. The summed E-state index contributed by atoms with van der Waals surface area (Å²) >= 11 is 0. The Morgan fingerprint density at radius 3 is 2.13 bits per heavy atom. The number of aliphatic hydroxyl groups excluding tert-OH is 1. The Balaban J connectivity index is 0.0000202. The second-order valence-electron chi connectivity index (χ2n) is 13.5. The van der Waals surface area contributed by atoms with Crippen molar-refractivity contribution in [1.82, 2.24) is 5.32 Å². The number of benzene rings is 1. The first kappa shape index (κ1) is 43.9. The zero-order valence-electron chi connectivity index (χ0n) is 29.0. The van der Waals surface area contributed by atoms with E-state index >= 15 is 0 Å². The van der Waals surface area contributed by atoms with Crippen LogP contribution in [0.2, 0.25) is 0 Å². The molecule has 0 heterocycles. The van der Waals surface area contributed by atoms with E-state index in [-0.39, 0.29) is 61.4 Å². The fourth-order valence-corrected chi connectivity index (χ4v) is 5.49. The van der Waals surface area contributed by atoms with Gasteiger partial charge in [0.25, 0.3) is 0 Å². The molecule has 46 heavy (non-hydrogen) atoms. The zero-order valence-corrected chi connectivity index (χ0v) is 30.7. The number of nitrogens with one attached hydrogen (secondary N) is 1. The molecule has 2 amide bonds. The van der Waals surface area contributed by atoms with Crippen LogP contribution >= 0.6 is 12.4 Å². The number of halogens is 1. The number of sulfone groups is 1. The Labute approximate surface area is 283 Å². The molecule has 268 valence electrons. The van der Waals surface area contributed by atoms with Crippen LogP contribution in [0, 0.1) is 29.1 Å². The number of amides is 2. The van der Waals surface area contributed by atoms with Crippen LogP contribution in [0.15, 0.2) is 18.2 Å². The van der Waals surface area contributed by atoms with E-state index in [1.165, 1.54) is 6.26 Å². The van der Waals surface area contributed by atoms with Crippen LogP contribution in [0.1, 0.15) is 72.8 Å². The minimum absolute atomic E-state index is 0. The van der Waals surface area contributed by atoms with E-state index in [9.17, 15) is 23.1 Å². The number of rotatable bonds is 23. The van der Waals surface area contributed by atoms with E-state index in [0.717, 1.165) is 5.56 Å². The Morgan fingerprint density at radius 1 is 0.978 bits per heavy atom. The molecule has 0 radical (unpaired) electrons. The van der Waals surface area contributed by atoms with Crippen LogP contribution < -0.4 is 26.3 Å². The van der Waals surface area contributed by atoms with Gasteiger partial charge in [-0.3, -0.25) is 9.59 Å². The number of carbonyl (C=O) groups is 2. The van der Waals surface area contributed by atoms with E-state index < -0.39 is 39.2 Å². The summed E-state index contributed by atoms with van der Waals surface area (Å²) in [5.74, 6) is 0.337. The minimum atomic E-state index is -3.07. The second kappa shape index (κ2) is 21.0. The first-order valence-electron chi connectivity index (χ1n) is 15.9. The lowest BCUT2D eigenvalue weighted by Crippen LogP contribution is -2.46. The van der Waals surface area contributed by atoms with Crippen molar-refractivity contribution < 1.29 is 37.3 Å². The number of hydrogen-bond acceptors (Lipinski definition) is 9. The smallest absolute Gasteiger partial charge is 0.224 e. The van der Waals surface area contributed by atoms with Gasteiger partial charge in [0, 0.05) is 44.9 Å². The molecule has 0 spiro atoms. The number of primary amides is 1. The molecule has 11 nitrogen and oxygen atoms in total. The third-order valence-electron chi connectivity index (χ3n) is 8.19. The van der Waals surface area contributed by atoms with Crippen LogP contribution in [0.5, 0.6) is 11.5 Å². The van der Waals surface area contributed by atoms with Crippen molar-refractivity contribution in [3.05, 3.63) is 23.8 Å². The molecular weight excluding hydrogens is 634 g/mol. The Morgan fingerprint density at radius 2 is 1.59 bits per heavy atom. The summed E-state index contributed by atoms with van der Waals surface area (Å²) in [5.41, 5.74) is 12.1. The molecule has 1 aromatic rings. The molecule has 6 N–H and O–H groups in total. The van der Waals surface area contributed by atoms with Crippen LogP contribution in [0.25, 0.3) is 0 Å². The minimum Gasteiger partial charge on any atom is -0.490 e. The SMILES string of the molecule is COCCCOc1cc(C[C@@H](C[C@H](N)[C@@H](O)C[C@H](C(=O)NCC(C)(C)C(N)=O)C(C)C)C(C)C)ccc1OCCCS(C)(=O)=O.Cl. The van der Waals surface area contributed by atoms with Crippen LogP contribution in [0.3, 0.4) is 0 Å². The largest absolute Gasteiger partial charge is 0.490 e. The fourth-order valence-electron chi connectivity index (χ4n) is 4.84. The molecule has 0 aliphatic carbocycles. The maximum absolute atomic E-state index is 13.0. The van der Waals surface area contributed by atoms with Gasteiger partial charge in [-0.25, -0.2) is 8.42 Å². The first-order valence-corrected chi connectivity index (χ1v) is 18.0. The van der Waals surface area contributed by atoms with Gasteiger partial charge in [0.2, 0.25) is 11.8 Å². The molecule has 0 aliphatic heterocycles. The van der Waals surface area contributed by atoms with Crippen molar-refractivity contribution in [3.63, 3.8) is 0 Å². The molecule has 0 saturated heterocycles. The van der Waals surface area contributed by atoms with Gasteiger partial charge in [0.1, 0.15) is 9.84 Å². The Kier molecular flexibility index (Phi) is 20.0. The van der Waals surface area contributed by atoms with E-state index in [2.05, 4.69) is 19.2 Å². The molecule has 0 fully saturated rings. The fraction of sp³-hybridized carbons (Fsp3) is 0.758. The van der Waals surface area contributed by atoms with Crippen molar-refractivity contribution >= 4 is 34.1 Å². The predicted molar refractivity (Wildman–Crippen MR) is 185 cm³/mol. The summed E-state index contributed by atoms with van der Waals surface area (Å²) in [4.78, 5) is 24.7. The highest BCUT2D eigenvalue weighted by Crippen LogP contribution is 2.32. The summed E-state index contributed by atoms with van der Waals surface area (Å²) in [7, 11) is -1.43. The third kappa shape index (κ3) is 16.6. The number of methoxy groups -OCH3 is 1. The lowest BCUT2D eigenvalue weighted by molar-refractivity contribution is -0.130. The highest BCUT2D eigenvalue weighted by molar-refractivity contribution is 7.90. The molecule has 0 unspecified atom stereocenters. The van der Waals surface area contributed by atoms with Gasteiger partial charge < -0.3 is 36.1 Å². The third-order valence-corrected chi connectivity index (χ3v) is 9.22. The van der Waals surface area contributed by atoms with Gasteiger partial charge in [-0.05, 0) is 75.0 Å². The molecule has 1 aromatic carbocycles. The van der Waals surface area contributed by atoms with Gasteiger partial charge in [0.15, 0.2) is 11.5 Å². The number of aliphatic hydroxyl groups is 1. The van der Waals surface area contributed by atoms with E-state index in [4.69, 9.17) is 25.7 Å². The summed E-state index contributed by atoms with van der Waals surface area (Å²) < 4.78 is 40.0. The molecule has 0 aromatic heterocycles. The Hall–Kier alpha value is -2.12. The lowest BCUT2D eigenvalue weighted by Gasteiger charge is -2.30. The van der Waals surface area contributed by atoms with Gasteiger partial charge in [-0.2, -0.15) is 0 Å². The van der Waals surface area contributed by atoms with Crippen LogP contribution in [-0.2, 0) is 30.6 Å². The summed E-state index contributed by atoms with van der Waals surface area (Å²) in [5, 5.41) is 13.9. The number of ether oxygens (including phenoxy) is 3. The summed E-state index contributed by atoms with van der Waals surface area (Å²) in [6, 6.07) is 5.22. The maximum atomic E-state index is 13.0. The topological polar surface area (TPSA) is 180 Å². The van der Waals surface area contributed by atoms with E-state index in [1.54, 1.807) is 21.0 Å². The molecule has 13 heteroatoms. The molecule has 4 atom stereocenters.